The van der Waals surface area contributed by atoms with Gasteiger partial charge in [-0.25, -0.2) is 9.37 Å². The van der Waals surface area contributed by atoms with E-state index in [0.717, 1.165) is 5.56 Å². The number of hydrogen-bond acceptors (Lipinski definition) is 4. The van der Waals surface area contributed by atoms with Crippen LogP contribution in [-0.4, -0.2) is 17.2 Å². The van der Waals surface area contributed by atoms with Crippen LogP contribution >= 0.6 is 0 Å². The lowest BCUT2D eigenvalue weighted by atomic mass is 10.2. The zero-order valence-electron chi connectivity index (χ0n) is 10.5. The van der Waals surface area contributed by atoms with E-state index in [1.807, 2.05) is 6.07 Å². The summed E-state index contributed by atoms with van der Waals surface area (Å²) in [4.78, 5) is 4.04. The molecule has 19 heavy (non-hydrogen) atoms. The van der Waals surface area contributed by atoms with Gasteiger partial charge in [0.1, 0.15) is 18.2 Å². The van der Waals surface area contributed by atoms with E-state index in [1.165, 1.54) is 19.2 Å². The Bertz CT molecular complexity index is 560. The topological polar surface area (TPSA) is 51.6 Å². The van der Waals surface area contributed by atoms with Crippen LogP contribution in [-0.2, 0) is 13.2 Å². The molecule has 2 aromatic rings. The number of aliphatic hydroxyl groups is 1. The Labute approximate surface area is 110 Å². The summed E-state index contributed by atoms with van der Waals surface area (Å²) in [5, 5.41) is 9.00. The minimum Gasteiger partial charge on any atom is -0.489 e. The molecule has 0 radical (unpaired) electrons. The van der Waals surface area contributed by atoms with Gasteiger partial charge in [0.05, 0.1) is 19.3 Å². The number of rotatable bonds is 5. The number of benzene rings is 1. The van der Waals surface area contributed by atoms with Gasteiger partial charge in [0, 0.05) is 12.3 Å². The van der Waals surface area contributed by atoms with E-state index < -0.39 is 5.82 Å². The second-order valence-electron chi connectivity index (χ2n) is 3.91. The molecule has 0 saturated carbocycles. The van der Waals surface area contributed by atoms with Crippen molar-refractivity contribution in [1.29, 1.82) is 0 Å². The largest absolute Gasteiger partial charge is 0.489 e. The SMILES string of the molecule is COc1ncccc1COc1cc(F)cc(CO)c1. The van der Waals surface area contributed by atoms with Gasteiger partial charge in [-0.3, -0.25) is 0 Å². The van der Waals surface area contributed by atoms with Crippen LogP contribution in [0.2, 0.25) is 0 Å². The van der Waals surface area contributed by atoms with Crippen LogP contribution in [0.15, 0.2) is 36.5 Å². The fraction of sp³-hybridized carbons (Fsp3) is 0.214. The molecule has 0 spiro atoms. The number of hydrogen-bond donors (Lipinski definition) is 1. The number of ether oxygens (including phenoxy) is 2. The first-order chi connectivity index (χ1) is 9.22. The average molecular weight is 263 g/mol. The third-order valence-electron chi connectivity index (χ3n) is 2.55. The third-order valence-corrected chi connectivity index (χ3v) is 2.55. The molecular weight excluding hydrogens is 249 g/mol. The van der Waals surface area contributed by atoms with Crippen LogP contribution in [0.5, 0.6) is 11.6 Å². The van der Waals surface area contributed by atoms with Crippen molar-refractivity contribution in [3.63, 3.8) is 0 Å². The third kappa shape index (κ3) is 3.42. The van der Waals surface area contributed by atoms with Crippen molar-refractivity contribution in [3.8, 4) is 11.6 Å². The summed E-state index contributed by atoms with van der Waals surface area (Å²) in [6.07, 6.45) is 1.62. The Hall–Kier alpha value is -2.14. The minimum atomic E-state index is -0.445. The standard InChI is InChI=1S/C14H14FNO3/c1-18-14-11(3-2-4-16-14)9-19-13-6-10(8-17)5-12(15)7-13/h2-7,17H,8-9H2,1H3. The van der Waals surface area contributed by atoms with Crippen LogP contribution in [0.25, 0.3) is 0 Å². The summed E-state index contributed by atoms with van der Waals surface area (Å²) in [5.41, 5.74) is 1.23. The monoisotopic (exact) mass is 263 g/mol. The highest BCUT2D eigenvalue weighted by molar-refractivity contribution is 5.30. The van der Waals surface area contributed by atoms with Gasteiger partial charge in [0.15, 0.2) is 0 Å². The lowest BCUT2D eigenvalue weighted by Crippen LogP contribution is -2.01. The predicted molar refractivity (Wildman–Crippen MR) is 67.4 cm³/mol. The lowest BCUT2D eigenvalue weighted by molar-refractivity contribution is 0.274. The van der Waals surface area contributed by atoms with Gasteiger partial charge in [-0.15, -0.1) is 0 Å². The van der Waals surface area contributed by atoms with E-state index in [4.69, 9.17) is 14.6 Å². The van der Waals surface area contributed by atoms with Gasteiger partial charge >= 0.3 is 0 Å². The summed E-state index contributed by atoms with van der Waals surface area (Å²) in [6, 6.07) is 7.70. The van der Waals surface area contributed by atoms with Crippen molar-refractivity contribution in [3.05, 3.63) is 53.5 Å². The van der Waals surface area contributed by atoms with Crippen LogP contribution < -0.4 is 9.47 Å². The molecule has 5 heteroatoms. The van der Waals surface area contributed by atoms with Crippen molar-refractivity contribution in [1.82, 2.24) is 4.98 Å². The van der Waals surface area contributed by atoms with Gasteiger partial charge in [0.25, 0.3) is 0 Å². The van der Waals surface area contributed by atoms with Gasteiger partial charge < -0.3 is 14.6 Å². The summed E-state index contributed by atoms with van der Waals surface area (Å²) >= 11 is 0. The quantitative estimate of drug-likeness (QED) is 0.899. The maximum atomic E-state index is 13.3. The molecule has 0 fully saturated rings. The maximum Gasteiger partial charge on any atom is 0.219 e. The molecular formula is C14H14FNO3. The minimum absolute atomic E-state index is 0.214. The van der Waals surface area contributed by atoms with Crippen molar-refractivity contribution < 1.29 is 19.0 Å². The van der Waals surface area contributed by atoms with E-state index in [0.29, 0.717) is 17.2 Å². The van der Waals surface area contributed by atoms with E-state index in [-0.39, 0.29) is 13.2 Å². The Morgan fingerprint density at radius 2 is 2.16 bits per heavy atom. The fourth-order valence-electron chi connectivity index (χ4n) is 1.67. The predicted octanol–water partition coefficient (Wildman–Crippen LogP) is 2.30. The summed E-state index contributed by atoms with van der Waals surface area (Å²) in [6.45, 7) is -0.0182. The smallest absolute Gasteiger partial charge is 0.219 e. The van der Waals surface area contributed by atoms with Crippen LogP contribution in [0.1, 0.15) is 11.1 Å². The molecule has 1 N–H and O–H groups in total. The molecule has 2 rings (SSSR count). The van der Waals surface area contributed by atoms with E-state index in [9.17, 15) is 4.39 Å². The second-order valence-corrected chi connectivity index (χ2v) is 3.91. The van der Waals surface area contributed by atoms with Gasteiger partial charge in [-0.1, -0.05) is 0 Å². The van der Waals surface area contributed by atoms with E-state index in [1.54, 1.807) is 18.3 Å². The molecule has 100 valence electrons. The Morgan fingerprint density at radius 1 is 1.32 bits per heavy atom. The van der Waals surface area contributed by atoms with Gasteiger partial charge in [-0.05, 0) is 29.8 Å². The normalized spacial score (nSPS) is 10.3. The molecule has 1 heterocycles. The number of aliphatic hydroxyl groups excluding tert-OH is 1. The maximum absolute atomic E-state index is 13.3. The Kier molecular flexibility index (Phi) is 4.30. The van der Waals surface area contributed by atoms with E-state index in [2.05, 4.69) is 4.98 Å². The zero-order valence-corrected chi connectivity index (χ0v) is 10.5. The highest BCUT2D eigenvalue weighted by atomic mass is 19.1. The van der Waals surface area contributed by atoms with Crippen molar-refractivity contribution in [2.75, 3.05) is 7.11 Å². The van der Waals surface area contributed by atoms with Crippen LogP contribution in [0, 0.1) is 5.82 Å². The highest BCUT2D eigenvalue weighted by Gasteiger charge is 2.06. The second kappa shape index (κ2) is 6.15. The van der Waals surface area contributed by atoms with Crippen LogP contribution in [0.4, 0.5) is 4.39 Å². The van der Waals surface area contributed by atoms with Gasteiger partial charge in [0.2, 0.25) is 5.88 Å². The molecule has 0 aliphatic heterocycles. The molecule has 4 nitrogen and oxygen atoms in total. The van der Waals surface area contributed by atoms with Gasteiger partial charge in [-0.2, -0.15) is 0 Å². The number of pyridine rings is 1. The summed E-state index contributed by atoms with van der Waals surface area (Å²) in [5.74, 6) is 0.385. The molecule has 0 saturated heterocycles. The van der Waals surface area contributed by atoms with E-state index >= 15 is 0 Å². The Morgan fingerprint density at radius 3 is 2.89 bits per heavy atom. The molecule has 0 atom stereocenters. The molecule has 0 unspecified atom stereocenters. The molecule has 0 amide bonds. The van der Waals surface area contributed by atoms with Crippen molar-refractivity contribution in [2.45, 2.75) is 13.2 Å². The number of nitrogens with zero attached hydrogens (tertiary/aromatic N) is 1. The van der Waals surface area contributed by atoms with Crippen molar-refractivity contribution in [2.24, 2.45) is 0 Å². The summed E-state index contributed by atoms with van der Waals surface area (Å²) < 4.78 is 23.8. The number of aromatic nitrogens is 1. The summed E-state index contributed by atoms with van der Waals surface area (Å²) in [7, 11) is 1.53. The fourth-order valence-corrected chi connectivity index (χ4v) is 1.67. The molecule has 1 aromatic heterocycles. The molecule has 1 aromatic carbocycles. The first-order valence-electron chi connectivity index (χ1n) is 5.74. The molecule has 0 aliphatic rings. The van der Waals surface area contributed by atoms with Crippen molar-refractivity contribution >= 4 is 0 Å². The average Bonchev–Trinajstić information content (AvgIpc) is 2.44. The molecule has 0 bridgehead atoms. The lowest BCUT2D eigenvalue weighted by Gasteiger charge is -2.10. The van der Waals surface area contributed by atoms with Crippen LogP contribution in [0.3, 0.4) is 0 Å². The first-order valence-corrected chi connectivity index (χ1v) is 5.74. The molecule has 0 aliphatic carbocycles. The highest BCUT2D eigenvalue weighted by Crippen LogP contribution is 2.20. The number of halogens is 1. The number of methoxy groups -OCH3 is 1. The Balaban J connectivity index is 2.12. The zero-order chi connectivity index (χ0) is 13.7. The first kappa shape index (κ1) is 13.3.